The van der Waals surface area contributed by atoms with Crippen LogP contribution < -0.4 is 0 Å². The quantitative estimate of drug-likeness (QED) is 0.467. The minimum atomic E-state index is -0.139. The summed E-state index contributed by atoms with van der Waals surface area (Å²) in [7, 11) is 0. The first-order valence-corrected chi connectivity index (χ1v) is 5.02. The molecule has 1 fully saturated rings. The predicted molar refractivity (Wildman–Crippen MR) is 53.3 cm³/mol. The maximum atomic E-state index is 11.7. The number of hydrogen-bond acceptors (Lipinski definition) is 1. The number of carbonyl (C=O) groups is 1. The molecule has 0 aromatic heterocycles. The Morgan fingerprint density at radius 2 is 2.31 bits per heavy atom. The number of carbonyl (C=O) groups excluding carboxylic acids is 1. The van der Waals surface area contributed by atoms with Crippen LogP contribution in [0.5, 0.6) is 0 Å². The Bertz CT molecular complexity index is 277. The molecule has 0 aromatic carbocycles. The van der Waals surface area contributed by atoms with Crippen LogP contribution in [0.4, 0.5) is 0 Å². The van der Waals surface area contributed by atoms with Crippen molar-refractivity contribution < 1.29 is 4.79 Å². The lowest BCUT2D eigenvalue weighted by atomic mass is 9.58. The van der Waals surface area contributed by atoms with Gasteiger partial charge in [-0.1, -0.05) is 25.7 Å². The van der Waals surface area contributed by atoms with E-state index in [1.165, 1.54) is 18.9 Å². The lowest BCUT2D eigenvalue weighted by molar-refractivity contribution is -0.127. The van der Waals surface area contributed by atoms with Crippen molar-refractivity contribution in [1.82, 2.24) is 0 Å². The molecule has 3 atom stereocenters. The van der Waals surface area contributed by atoms with E-state index >= 15 is 0 Å². The van der Waals surface area contributed by atoms with Gasteiger partial charge in [0.1, 0.15) is 0 Å². The second-order valence-corrected chi connectivity index (χ2v) is 4.52. The van der Waals surface area contributed by atoms with Gasteiger partial charge in [0.15, 0.2) is 5.78 Å². The molecule has 1 heteroatoms. The van der Waals surface area contributed by atoms with Crippen LogP contribution in [-0.4, -0.2) is 5.78 Å². The van der Waals surface area contributed by atoms with Gasteiger partial charge in [0.25, 0.3) is 0 Å². The number of hydrogen-bond donors (Lipinski definition) is 0. The van der Waals surface area contributed by atoms with Crippen molar-refractivity contribution in [2.24, 2.45) is 17.3 Å². The molecule has 0 saturated heterocycles. The van der Waals surface area contributed by atoms with Crippen molar-refractivity contribution in [3.8, 4) is 0 Å². The highest BCUT2D eigenvalue weighted by atomic mass is 16.1. The van der Waals surface area contributed by atoms with Crippen LogP contribution >= 0.6 is 0 Å². The SMILES string of the molecule is C=CC(=O)[C@@]1(C)C[C@@H]2C=C[C@H]1CC2. The predicted octanol–water partition coefficient (Wildman–Crippen LogP) is 2.73. The molecule has 0 N–H and O–H groups in total. The van der Waals surface area contributed by atoms with Crippen LogP contribution in [0.2, 0.25) is 0 Å². The zero-order valence-electron chi connectivity index (χ0n) is 8.12. The molecule has 1 saturated carbocycles. The first-order chi connectivity index (χ1) is 6.16. The van der Waals surface area contributed by atoms with E-state index in [-0.39, 0.29) is 11.2 Å². The zero-order chi connectivity index (χ0) is 9.47. The Hall–Kier alpha value is -0.850. The highest BCUT2D eigenvalue weighted by Crippen LogP contribution is 2.49. The van der Waals surface area contributed by atoms with Crippen LogP contribution in [-0.2, 0) is 4.79 Å². The minimum Gasteiger partial charge on any atom is -0.294 e. The first kappa shape index (κ1) is 8.74. The molecule has 0 radical (unpaired) electrons. The normalized spacial score (nSPS) is 41.9. The summed E-state index contributed by atoms with van der Waals surface area (Å²) < 4.78 is 0. The molecular weight excluding hydrogens is 160 g/mol. The Labute approximate surface area is 79.5 Å². The van der Waals surface area contributed by atoms with Gasteiger partial charge in [0.2, 0.25) is 0 Å². The molecule has 1 nitrogen and oxygen atoms in total. The molecule has 3 aliphatic carbocycles. The zero-order valence-corrected chi connectivity index (χ0v) is 8.12. The molecule has 3 rings (SSSR count). The third-order valence-corrected chi connectivity index (χ3v) is 3.72. The van der Waals surface area contributed by atoms with Gasteiger partial charge in [-0.2, -0.15) is 0 Å². The van der Waals surface area contributed by atoms with Gasteiger partial charge >= 0.3 is 0 Å². The van der Waals surface area contributed by atoms with Gasteiger partial charge < -0.3 is 0 Å². The standard InChI is InChI=1S/C12H16O/c1-3-11(13)12(2)8-9-4-6-10(12)7-5-9/h3-4,6,9-10H,1,5,7-8H2,2H3/t9-,10+,12+/m1/s1. The van der Waals surface area contributed by atoms with Crippen LogP contribution in [0.15, 0.2) is 24.8 Å². The summed E-state index contributed by atoms with van der Waals surface area (Å²) >= 11 is 0. The maximum absolute atomic E-state index is 11.7. The summed E-state index contributed by atoms with van der Waals surface area (Å²) in [6, 6.07) is 0. The fourth-order valence-corrected chi connectivity index (χ4v) is 2.79. The third kappa shape index (κ3) is 1.18. The highest BCUT2D eigenvalue weighted by Gasteiger charge is 2.45. The van der Waals surface area contributed by atoms with E-state index in [0.29, 0.717) is 11.8 Å². The lowest BCUT2D eigenvalue weighted by Gasteiger charge is -2.44. The van der Waals surface area contributed by atoms with E-state index in [4.69, 9.17) is 0 Å². The highest BCUT2D eigenvalue weighted by molar-refractivity contribution is 5.94. The van der Waals surface area contributed by atoms with E-state index in [9.17, 15) is 4.79 Å². The number of ketones is 1. The Kier molecular flexibility index (Phi) is 1.90. The molecule has 0 spiro atoms. The topological polar surface area (TPSA) is 17.1 Å². The van der Waals surface area contributed by atoms with Gasteiger partial charge in [-0.3, -0.25) is 4.79 Å². The molecule has 0 aromatic rings. The van der Waals surface area contributed by atoms with Crippen LogP contribution in [0.25, 0.3) is 0 Å². The van der Waals surface area contributed by atoms with Crippen molar-refractivity contribution in [3.63, 3.8) is 0 Å². The summed E-state index contributed by atoms with van der Waals surface area (Å²) in [6.07, 6.45) is 9.48. The summed E-state index contributed by atoms with van der Waals surface area (Å²) in [4.78, 5) is 11.7. The van der Waals surface area contributed by atoms with Crippen molar-refractivity contribution in [2.75, 3.05) is 0 Å². The third-order valence-electron chi connectivity index (χ3n) is 3.72. The fraction of sp³-hybridized carbons (Fsp3) is 0.583. The summed E-state index contributed by atoms with van der Waals surface area (Å²) in [5.41, 5.74) is -0.139. The van der Waals surface area contributed by atoms with Gasteiger partial charge in [0.05, 0.1) is 0 Å². The number of allylic oxidation sites excluding steroid dienone is 3. The van der Waals surface area contributed by atoms with Gasteiger partial charge in [0, 0.05) is 5.41 Å². The van der Waals surface area contributed by atoms with E-state index in [0.717, 1.165) is 6.42 Å². The summed E-state index contributed by atoms with van der Waals surface area (Å²) in [5.74, 6) is 1.33. The second-order valence-electron chi connectivity index (χ2n) is 4.52. The van der Waals surface area contributed by atoms with E-state index in [2.05, 4.69) is 25.7 Å². The molecule has 0 unspecified atom stereocenters. The van der Waals surface area contributed by atoms with Crippen molar-refractivity contribution in [2.45, 2.75) is 26.2 Å². The monoisotopic (exact) mass is 176 g/mol. The molecule has 0 amide bonds. The molecule has 0 heterocycles. The average Bonchev–Trinajstić information content (AvgIpc) is 2.18. The van der Waals surface area contributed by atoms with Gasteiger partial charge in [-0.05, 0) is 37.2 Å². The van der Waals surface area contributed by atoms with Crippen LogP contribution in [0, 0.1) is 17.3 Å². The molecule has 70 valence electrons. The molecule has 13 heavy (non-hydrogen) atoms. The van der Waals surface area contributed by atoms with E-state index in [1.54, 1.807) is 0 Å². The minimum absolute atomic E-state index is 0.139. The number of fused-ring (bicyclic) bond motifs is 2. The van der Waals surface area contributed by atoms with Gasteiger partial charge in [-0.15, -0.1) is 0 Å². The summed E-state index contributed by atoms with van der Waals surface area (Å²) in [5, 5.41) is 0. The molecule has 2 bridgehead atoms. The van der Waals surface area contributed by atoms with Crippen molar-refractivity contribution >= 4 is 5.78 Å². The Morgan fingerprint density at radius 3 is 2.69 bits per heavy atom. The molecular formula is C12H16O. The van der Waals surface area contributed by atoms with Crippen LogP contribution in [0.3, 0.4) is 0 Å². The van der Waals surface area contributed by atoms with Gasteiger partial charge in [-0.25, -0.2) is 0 Å². The average molecular weight is 176 g/mol. The lowest BCUT2D eigenvalue weighted by Crippen LogP contribution is -2.41. The van der Waals surface area contributed by atoms with Crippen molar-refractivity contribution in [1.29, 1.82) is 0 Å². The second kappa shape index (κ2) is 2.83. The summed E-state index contributed by atoms with van der Waals surface area (Å²) in [6.45, 7) is 5.69. The molecule has 3 aliphatic rings. The fourth-order valence-electron chi connectivity index (χ4n) is 2.79. The molecule has 0 aliphatic heterocycles. The van der Waals surface area contributed by atoms with E-state index in [1.807, 2.05) is 0 Å². The smallest absolute Gasteiger partial charge is 0.161 e. The van der Waals surface area contributed by atoms with E-state index < -0.39 is 0 Å². The first-order valence-electron chi connectivity index (χ1n) is 5.02. The largest absolute Gasteiger partial charge is 0.294 e. The van der Waals surface area contributed by atoms with Crippen LogP contribution in [0.1, 0.15) is 26.2 Å². The van der Waals surface area contributed by atoms with Crippen molar-refractivity contribution in [3.05, 3.63) is 24.8 Å². The number of rotatable bonds is 2. The Morgan fingerprint density at radius 1 is 1.54 bits per heavy atom. The Balaban J connectivity index is 2.30. The maximum Gasteiger partial charge on any atom is 0.161 e.